The number of ether oxygens (including phenoxy) is 1. The summed E-state index contributed by atoms with van der Waals surface area (Å²) >= 11 is 0. The molecule has 1 saturated heterocycles. The molecule has 1 aromatic carbocycles. The molecule has 0 spiro atoms. The van der Waals surface area contributed by atoms with Gasteiger partial charge in [0.2, 0.25) is 15.9 Å². The van der Waals surface area contributed by atoms with E-state index in [9.17, 15) is 23.1 Å². The van der Waals surface area contributed by atoms with Crippen LogP contribution in [0.15, 0.2) is 29.2 Å². The molecule has 1 aromatic rings. The predicted molar refractivity (Wildman–Crippen MR) is 81.7 cm³/mol. The van der Waals surface area contributed by atoms with Crippen molar-refractivity contribution < 1.29 is 27.9 Å². The number of rotatable bonds is 5. The maximum absolute atomic E-state index is 12.4. The average molecular weight is 342 g/mol. The van der Waals surface area contributed by atoms with Crippen LogP contribution in [0.3, 0.4) is 0 Å². The first kappa shape index (κ1) is 17.4. The third-order valence-electron chi connectivity index (χ3n) is 3.77. The molecule has 1 heterocycles. The lowest BCUT2D eigenvalue weighted by Crippen LogP contribution is -2.54. The molecule has 0 radical (unpaired) electrons. The minimum Gasteiger partial charge on any atom is -0.480 e. The molecule has 0 aliphatic carbocycles. The number of sulfonamides is 1. The lowest BCUT2D eigenvalue weighted by Gasteiger charge is -2.23. The molecule has 1 aliphatic rings. The zero-order chi connectivity index (χ0) is 17.3. The molecule has 1 amide bonds. The Morgan fingerprint density at radius 1 is 1.30 bits per heavy atom. The molecule has 1 unspecified atom stereocenters. The third-order valence-corrected chi connectivity index (χ3v) is 5.32. The maximum atomic E-state index is 12.4. The van der Waals surface area contributed by atoms with Gasteiger partial charge in [-0.3, -0.25) is 9.59 Å². The van der Waals surface area contributed by atoms with E-state index in [0.717, 1.165) is 0 Å². The number of nitrogens with one attached hydrogen (secondary N) is 1. The highest BCUT2D eigenvalue weighted by atomic mass is 32.2. The van der Waals surface area contributed by atoms with E-state index in [0.29, 0.717) is 5.69 Å². The Kier molecular flexibility index (Phi) is 4.73. The monoisotopic (exact) mass is 342 g/mol. The number of anilines is 1. The number of hydrogen-bond donors (Lipinski definition) is 2. The lowest BCUT2D eigenvalue weighted by atomic mass is 10.0. The molecule has 0 bridgehead atoms. The zero-order valence-corrected chi connectivity index (χ0v) is 13.6. The van der Waals surface area contributed by atoms with Gasteiger partial charge in [-0.15, -0.1) is 0 Å². The van der Waals surface area contributed by atoms with Gasteiger partial charge < -0.3 is 14.7 Å². The van der Waals surface area contributed by atoms with Gasteiger partial charge in [0.1, 0.15) is 0 Å². The van der Waals surface area contributed by atoms with Crippen molar-refractivity contribution in [2.75, 3.05) is 25.2 Å². The lowest BCUT2D eigenvalue weighted by molar-refractivity contribution is -0.144. The van der Waals surface area contributed by atoms with Crippen molar-refractivity contribution in [2.24, 2.45) is 0 Å². The van der Waals surface area contributed by atoms with Gasteiger partial charge in [0, 0.05) is 32.7 Å². The first-order valence-electron chi connectivity index (χ1n) is 6.87. The summed E-state index contributed by atoms with van der Waals surface area (Å²) in [5.74, 6) is -1.46. The first-order chi connectivity index (χ1) is 10.7. The van der Waals surface area contributed by atoms with E-state index in [-0.39, 0.29) is 30.4 Å². The molecule has 8 nitrogen and oxygen atoms in total. The zero-order valence-electron chi connectivity index (χ0n) is 12.8. The van der Waals surface area contributed by atoms with E-state index in [4.69, 9.17) is 4.74 Å². The van der Waals surface area contributed by atoms with Crippen LogP contribution in [0, 0.1) is 0 Å². The van der Waals surface area contributed by atoms with Crippen molar-refractivity contribution in [1.82, 2.24) is 4.72 Å². The summed E-state index contributed by atoms with van der Waals surface area (Å²) in [4.78, 5) is 24.0. The largest absolute Gasteiger partial charge is 0.480 e. The second-order valence-corrected chi connectivity index (χ2v) is 7.05. The van der Waals surface area contributed by atoms with Crippen LogP contribution in [0.5, 0.6) is 0 Å². The van der Waals surface area contributed by atoms with E-state index in [1.165, 1.54) is 36.1 Å². The Morgan fingerprint density at radius 3 is 2.35 bits per heavy atom. The second kappa shape index (κ2) is 6.26. The highest BCUT2D eigenvalue weighted by Gasteiger charge is 2.46. The Balaban J connectivity index is 2.26. The summed E-state index contributed by atoms with van der Waals surface area (Å²) in [5, 5.41) is 9.30. The van der Waals surface area contributed by atoms with Crippen LogP contribution in [0.4, 0.5) is 5.69 Å². The number of carbonyl (C=O) groups excluding carboxylic acids is 1. The van der Waals surface area contributed by atoms with Crippen LogP contribution in [0.25, 0.3) is 0 Å². The van der Waals surface area contributed by atoms with Crippen molar-refractivity contribution >= 4 is 27.6 Å². The van der Waals surface area contributed by atoms with E-state index in [1.807, 2.05) is 0 Å². The molecular formula is C14H18N2O6S. The van der Waals surface area contributed by atoms with Gasteiger partial charge in [-0.1, -0.05) is 0 Å². The topological polar surface area (TPSA) is 113 Å². The molecular weight excluding hydrogens is 324 g/mol. The summed E-state index contributed by atoms with van der Waals surface area (Å²) in [7, 11) is -2.46. The van der Waals surface area contributed by atoms with E-state index >= 15 is 0 Å². The highest BCUT2D eigenvalue weighted by molar-refractivity contribution is 7.89. The number of amides is 1. The van der Waals surface area contributed by atoms with Crippen molar-refractivity contribution in [1.29, 1.82) is 0 Å². The number of hydrogen-bond acceptors (Lipinski definition) is 5. The van der Waals surface area contributed by atoms with Gasteiger partial charge in [0.25, 0.3) is 0 Å². The fourth-order valence-corrected chi connectivity index (χ4v) is 3.58. The second-order valence-electron chi connectivity index (χ2n) is 5.37. The number of carbonyl (C=O) groups is 2. The van der Waals surface area contributed by atoms with E-state index in [2.05, 4.69) is 4.72 Å². The van der Waals surface area contributed by atoms with Crippen LogP contribution >= 0.6 is 0 Å². The van der Waals surface area contributed by atoms with Gasteiger partial charge >= 0.3 is 5.97 Å². The molecule has 23 heavy (non-hydrogen) atoms. The van der Waals surface area contributed by atoms with Gasteiger partial charge in [0.05, 0.1) is 11.5 Å². The summed E-state index contributed by atoms with van der Waals surface area (Å²) in [6.45, 7) is 1.35. The maximum Gasteiger partial charge on any atom is 0.327 e. The van der Waals surface area contributed by atoms with E-state index in [1.54, 1.807) is 7.05 Å². The Labute approximate surface area is 134 Å². The number of carboxylic acids is 1. The van der Waals surface area contributed by atoms with Gasteiger partial charge in [-0.2, -0.15) is 4.72 Å². The summed E-state index contributed by atoms with van der Waals surface area (Å²) in [5.41, 5.74) is -1.11. The van der Waals surface area contributed by atoms with Crippen LogP contribution in [-0.4, -0.2) is 51.2 Å². The fraction of sp³-hybridized carbons (Fsp3) is 0.429. The number of aliphatic carboxylic acids is 1. The minimum atomic E-state index is -4.02. The Morgan fingerprint density at radius 2 is 1.91 bits per heavy atom. The smallest absolute Gasteiger partial charge is 0.327 e. The number of nitrogens with zero attached hydrogens (tertiary/aromatic N) is 1. The molecule has 126 valence electrons. The van der Waals surface area contributed by atoms with Crippen LogP contribution in [0.1, 0.15) is 13.3 Å². The van der Waals surface area contributed by atoms with Gasteiger partial charge in [-0.05, 0) is 24.3 Å². The summed E-state index contributed by atoms with van der Waals surface area (Å²) in [6, 6.07) is 5.61. The van der Waals surface area contributed by atoms with Gasteiger partial charge in [0.15, 0.2) is 5.54 Å². The van der Waals surface area contributed by atoms with Gasteiger partial charge in [-0.25, -0.2) is 8.42 Å². The Hall–Kier alpha value is -1.97. The molecule has 1 atom stereocenters. The summed E-state index contributed by atoms with van der Waals surface area (Å²) < 4.78 is 32.1. The van der Waals surface area contributed by atoms with Crippen LogP contribution in [0.2, 0.25) is 0 Å². The minimum absolute atomic E-state index is 0.0622. The van der Waals surface area contributed by atoms with E-state index < -0.39 is 21.5 Å². The average Bonchev–Trinajstić information content (AvgIpc) is 2.95. The van der Waals surface area contributed by atoms with Crippen LogP contribution in [-0.2, 0) is 24.3 Å². The molecule has 2 rings (SSSR count). The normalized spacial score (nSPS) is 21.1. The number of carboxylic acid groups (broad SMARTS) is 1. The number of benzene rings is 1. The molecule has 1 aliphatic heterocycles. The standard InChI is InChI=1S/C14H18N2O6S/c1-10(17)16(2)11-3-5-12(6-4-11)23(20,21)15-14(13(18)19)7-8-22-9-14/h3-6,15H,7-9H2,1-2H3,(H,18,19). The Bertz CT molecular complexity index is 707. The van der Waals surface area contributed by atoms with Crippen molar-refractivity contribution in [3.8, 4) is 0 Å². The first-order valence-corrected chi connectivity index (χ1v) is 8.36. The predicted octanol–water partition coefficient (Wildman–Crippen LogP) is 0.191. The molecule has 1 fully saturated rings. The van der Waals surface area contributed by atoms with Crippen LogP contribution < -0.4 is 9.62 Å². The van der Waals surface area contributed by atoms with Crippen molar-refractivity contribution in [3.63, 3.8) is 0 Å². The SMILES string of the molecule is CC(=O)N(C)c1ccc(S(=O)(=O)NC2(C(=O)O)CCOC2)cc1. The quantitative estimate of drug-likeness (QED) is 0.790. The summed E-state index contributed by atoms with van der Waals surface area (Å²) in [6.07, 6.45) is 0.0622. The third kappa shape index (κ3) is 3.52. The molecule has 9 heteroatoms. The van der Waals surface area contributed by atoms with Crippen molar-refractivity contribution in [3.05, 3.63) is 24.3 Å². The molecule has 0 saturated carbocycles. The molecule has 2 N–H and O–H groups in total. The van der Waals surface area contributed by atoms with Crippen molar-refractivity contribution in [2.45, 2.75) is 23.8 Å². The fourth-order valence-electron chi connectivity index (χ4n) is 2.20. The highest BCUT2D eigenvalue weighted by Crippen LogP contribution is 2.23. The molecule has 0 aromatic heterocycles.